The number of hydrogen-bond donors (Lipinski definition) is 0. The smallest absolute Gasteiger partial charge is 0.251 e. The van der Waals surface area contributed by atoms with Gasteiger partial charge in [-0.2, -0.15) is 21.4 Å². The zero-order valence-corrected chi connectivity index (χ0v) is 17.2. The van der Waals surface area contributed by atoms with Gasteiger partial charge in [0.1, 0.15) is 6.15 Å². The number of nitrogens with one attached hydrogen (secondary N) is 1. The molecular formula is C29H22BN. The van der Waals surface area contributed by atoms with E-state index in [4.69, 9.17) is 0 Å². The van der Waals surface area contributed by atoms with Crippen molar-refractivity contribution >= 4 is 33.4 Å². The van der Waals surface area contributed by atoms with E-state index < -0.39 is 6.15 Å². The zero-order valence-electron chi connectivity index (χ0n) is 17.2. The van der Waals surface area contributed by atoms with Gasteiger partial charge in [0.25, 0.3) is 5.69 Å². The molecular weight excluding hydrogens is 373 g/mol. The summed E-state index contributed by atoms with van der Waals surface area (Å²) < 4.78 is 0. The second-order valence-corrected chi connectivity index (χ2v) is 7.83. The van der Waals surface area contributed by atoms with Gasteiger partial charge in [-0.05, 0) is 18.1 Å². The van der Waals surface area contributed by atoms with Gasteiger partial charge < -0.3 is 0 Å². The maximum atomic E-state index is 3.74. The van der Waals surface area contributed by atoms with Crippen molar-refractivity contribution in [1.82, 2.24) is 0 Å². The van der Waals surface area contributed by atoms with E-state index in [0.717, 1.165) is 11.2 Å². The molecule has 0 aliphatic heterocycles. The van der Waals surface area contributed by atoms with Crippen molar-refractivity contribution in [3.63, 3.8) is 0 Å². The lowest BCUT2D eigenvalue weighted by Gasteiger charge is -2.38. The topological polar surface area (TPSA) is 14.1 Å². The molecule has 0 aliphatic rings. The molecule has 0 atom stereocenters. The van der Waals surface area contributed by atoms with Crippen molar-refractivity contribution < 1.29 is 4.98 Å². The van der Waals surface area contributed by atoms with Crippen molar-refractivity contribution in [2.75, 3.05) is 0 Å². The van der Waals surface area contributed by atoms with Gasteiger partial charge in [0.15, 0.2) is 0 Å². The molecule has 0 bridgehead atoms. The lowest BCUT2D eigenvalue weighted by Crippen LogP contribution is -2.66. The molecule has 0 saturated heterocycles. The van der Waals surface area contributed by atoms with E-state index in [0.29, 0.717) is 0 Å². The van der Waals surface area contributed by atoms with Crippen LogP contribution in [-0.4, -0.2) is 6.15 Å². The summed E-state index contributed by atoms with van der Waals surface area (Å²) >= 11 is 0. The van der Waals surface area contributed by atoms with Crippen molar-refractivity contribution in [2.24, 2.45) is 0 Å². The average molecular weight is 395 g/mol. The third-order valence-electron chi connectivity index (χ3n) is 5.98. The van der Waals surface area contributed by atoms with E-state index in [9.17, 15) is 0 Å². The number of fused-ring (bicyclic) bond motifs is 1. The molecule has 5 rings (SSSR count). The molecule has 0 spiro atoms. The van der Waals surface area contributed by atoms with Crippen molar-refractivity contribution in [3.8, 4) is 11.7 Å². The van der Waals surface area contributed by atoms with Gasteiger partial charge in [-0.25, -0.2) is 0 Å². The van der Waals surface area contributed by atoms with Crippen LogP contribution < -0.4 is 21.4 Å². The fourth-order valence-corrected chi connectivity index (χ4v) is 4.43. The lowest BCUT2D eigenvalue weighted by molar-refractivity contribution is -0.348. The molecule has 0 saturated carbocycles. The summed E-state index contributed by atoms with van der Waals surface area (Å²) in [6.45, 7) is 0. The van der Waals surface area contributed by atoms with Crippen LogP contribution in [0.25, 0.3) is 10.9 Å². The van der Waals surface area contributed by atoms with Crippen LogP contribution in [0.5, 0.6) is 0 Å². The summed E-state index contributed by atoms with van der Waals surface area (Å²) in [7, 11) is 0. The second-order valence-electron chi connectivity index (χ2n) is 7.83. The Morgan fingerprint density at radius 3 is 1.52 bits per heavy atom. The van der Waals surface area contributed by atoms with Crippen LogP contribution in [0.3, 0.4) is 0 Å². The monoisotopic (exact) mass is 395 g/mol. The van der Waals surface area contributed by atoms with E-state index in [-0.39, 0.29) is 0 Å². The quantitative estimate of drug-likeness (QED) is 0.327. The Balaban J connectivity index is 1.77. The number of aromatic amines is 1. The van der Waals surface area contributed by atoms with Gasteiger partial charge in [0.2, 0.25) is 5.52 Å². The van der Waals surface area contributed by atoms with Crippen molar-refractivity contribution in [1.29, 1.82) is 0 Å². The van der Waals surface area contributed by atoms with Crippen LogP contribution in [0.2, 0.25) is 0 Å². The third kappa shape index (κ3) is 3.63. The van der Waals surface area contributed by atoms with E-state index >= 15 is 0 Å². The highest BCUT2D eigenvalue weighted by atomic mass is 14.7. The Kier molecular flexibility index (Phi) is 5.09. The van der Waals surface area contributed by atoms with Gasteiger partial charge in [0.05, 0.1) is 0 Å². The molecule has 0 unspecified atom stereocenters. The fourth-order valence-electron chi connectivity index (χ4n) is 4.43. The number of H-pyrrole nitrogens is 1. The molecule has 0 amide bonds. The van der Waals surface area contributed by atoms with Crippen molar-refractivity contribution in [2.45, 2.75) is 0 Å². The number of rotatable bonds is 3. The first kappa shape index (κ1) is 18.9. The SMILES string of the molecule is C(#C[B-](c1ccccc1)(c1ccccc1)c1ccccc1)c1ccc2ccccc2[nH+]1. The molecule has 1 nitrogen and oxygen atoms in total. The van der Waals surface area contributed by atoms with Gasteiger partial charge in [0, 0.05) is 17.5 Å². The summed E-state index contributed by atoms with van der Waals surface area (Å²) in [5, 5.41) is 1.18. The molecule has 1 heterocycles. The maximum absolute atomic E-state index is 3.74. The molecule has 5 aromatic rings. The number of hydrogen-bond acceptors (Lipinski definition) is 0. The van der Waals surface area contributed by atoms with E-state index in [1.807, 2.05) is 6.07 Å². The molecule has 31 heavy (non-hydrogen) atoms. The molecule has 4 aromatic carbocycles. The average Bonchev–Trinajstić information content (AvgIpc) is 2.86. The first-order valence-corrected chi connectivity index (χ1v) is 10.6. The highest BCUT2D eigenvalue weighted by Crippen LogP contribution is 2.10. The van der Waals surface area contributed by atoms with Gasteiger partial charge in [-0.15, -0.1) is 0 Å². The predicted octanol–water partition coefficient (Wildman–Crippen LogP) is 3.72. The minimum Gasteiger partial charge on any atom is -0.286 e. The summed E-state index contributed by atoms with van der Waals surface area (Å²) in [4.78, 5) is 3.49. The van der Waals surface area contributed by atoms with E-state index in [2.05, 4.69) is 138 Å². The molecule has 0 radical (unpaired) electrons. The first-order valence-electron chi connectivity index (χ1n) is 10.6. The highest BCUT2D eigenvalue weighted by molar-refractivity contribution is 7.16. The maximum Gasteiger partial charge on any atom is 0.251 e. The summed E-state index contributed by atoms with van der Waals surface area (Å²) in [5.41, 5.74) is 5.65. The van der Waals surface area contributed by atoms with Gasteiger partial charge in [-0.1, -0.05) is 103 Å². The highest BCUT2D eigenvalue weighted by Gasteiger charge is 2.28. The molecule has 146 valence electrons. The normalized spacial score (nSPS) is 11.0. The van der Waals surface area contributed by atoms with Crippen LogP contribution in [0.4, 0.5) is 0 Å². The lowest BCUT2D eigenvalue weighted by atomic mass is 9.16. The summed E-state index contributed by atoms with van der Waals surface area (Å²) in [6, 6.07) is 44.4. The minimum absolute atomic E-state index is 0.910. The number of pyridine rings is 1. The van der Waals surface area contributed by atoms with Crippen LogP contribution in [0.1, 0.15) is 5.69 Å². The molecule has 2 heteroatoms. The van der Waals surface area contributed by atoms with E-state index in [1.54, 1.807) is 0 Å². The van der Waals surface area contributed by atoms with Crippen LogP contribution in [0.15, 0.2) is 127 Å². The number of benzene rings is 4. The number of para-hydroxylation sites is 1. The fraction of sp³-hybridized carbons (Fsp3) is 0. The molecule has 1 N–H and O–H groups in total. The standard InChI is InChI=1S/C29H21BN/c1-4-13-25(14-5-1)30(26-15-6-2-7-16-26,27-17-8-3-9-18-27)23-22-28-21-20-24-12-10-11-19-29(24)31-28/h1-21H/q-1/p+1. The third-order valence-corrected chi connectivity index (χ3v) is 5.98. The predicted molar refractivity (Wildman–Crippen MR) is 131 cm³/mol. The minimum atomic E-state index is -1.47. The Hall–Kier alpha value is -4.09. The Labute approximate surface area is 183 Å². The second kappa shape index (κ2) is 8.34. The Morgan fingerprint density at radius 2 is 0.968 bits per heavy atom. The Bertz CT molecular complexity index is 1270. The van der Waals surface area contributed by atoms with Crippen molar-refractivity contribution in [3.05, 3.63) is 133 Å². The van der Waals surface area contributed by atoms with Crippen LogP contribution in [0, 0.1) is 11.7 Å². The molecule has 1 aromatic heterocycles. The molecule has 0 aliphatic carbocycles. The van der Waals surface area contributed by atoms with Gasteiger partial charge >= 0.3 is 0 Å². The van der Waals surface area contributed by atoms with Gasteiger partial charge in [-0.3, -0.25) is 5.82 Å². The molecule has 0 fully saturated rings. The summed E-state index contributed by atoms with van der Waals surface area (Å²) in [5.74, 6) is 7.24. The largest absolute Gasteiger partial charge is 0.286 e. The summed E-state index contributed by atoms with van der Waals surface area (Å²) in [6.07, 6.45) is -1.47. The Morgan fingerprint density at radius 1 is 0.484 bits per heavy atom. The first-order chi connectivity index (χ1) is 15.4. The number of aromatic nitrogens is 1. The van der Waals surface area contributed by atoms with Crippen LogP contribution in [-0.2, 0) is 0 Å². The van der Waals surface area contributed by atoms with E-state index in [1.165, 1.54) is 21.8 Å². The zero-order chi connectivity index (χ0) is 20.9. The van der Waals surface area contributed by atoms with Crippen LogP contribution >= 0.6 is 0 Å².